The predicted octanol–water partition coefficient (Wildman–Crippen LogP) is 4.45. The van der Waals surface area contributed by atoms with Crippen LogP contribution in [0.25, 0.3) is 0 Å². The maximum absolute atomic E-state index is 12.6. The van der Waals surface area contributed by atoms with Crippen molar-refractivity contribution in [1.29, 1.82) is 0 Å². The van der Waals surface area contributed by atoms with Crippen molar-refractivity contribution in [3.63, 3.8) is 0 Å². The lowest BCUT2D eigenvalue weighted by atomic mass is 10.2. The highest BCUT2D eigenvalue weighted by Crippen LogP contribution is 2.25. The first-order valence-corrected chi connectivity index (χ1v) is 8.68. The van der Waals surface area contributed by atoms with Gasteiger partial charge in [-0.1, -0.05) is 40.0 Å². The van der Waals surface area contributed by atoms with E-state index in [4.69, 9.17) is 39.3 Å². The molecular formula is C16H14Cl3N5O2. The van der Waals surface area contributed by atoms with E-state index < -0.39 is 5.91 Å². The van der Waals surface area contributed by atoms with E-state index in [-0.39, 0.29) is 16.5 Å². The highest BCUT2D eigenvalue weighted by Gasteiger charge is 2.23. The van der Waals surface area contributed by atoms with Crippen molar-refractivity contribution in [2.24, 2.45) is 0 Å². The molecule has 1 amide bonds. The average molecular weight is 415 g/mol. The second-order valence-electron chi connectivity index (χ2n) is 5.65. The Hall–Kier alpha value is -2.09. The van der Waals surface area contributed by atoms with E-state index in [0.717, 1.165) is 5.69 Å². The van der Waals surface area contributed by atoms with Gasteiger partial charge in [0.25, 0.3) is 5.91 Å². The number of aryl methyl sites for hydroxylation is 2. The fourth-order valence-electron chi connectivity index (χ4n) is 2.41. The zero-order valence-corrected chi connectivity index (χ0v) is 16.4. The second kappa shape index (κ2) is 7.26. The minimum absolute atomic E-state index is 0.124. The lowest BCUT2D eigenvalue weighted by Crippen LogP contribution is -2.17. The van der Waals surface area contributed by atoms with Gasteiger partial charge in [-0.15, -0.1) is 0 Å². The van der Waals surface area contributed by atoms with Crippen LogP contribution in [0.1, 0.15) is 33.2 Å². The molecule has 3 heterocycles. The Morgan fingerprint density at radius 2 is 2.00 bits per heavy atom. The van der Waals surface area contributed by atoms with Crippen LogP contribution in [0.5, 0.6) is 0 Å². The van der Waals surface area contributed by atoms with E-state index in [0.29, 0.717) is 33.6 Å². The third-order valence-corrected chi connectivity index (χ3v) is 4.88. The molecule has 0 saturated carbocycles. The zero-order valence-electron chi connectivity index (χ0n) is 14.1. The Labute approximate surface area is 164 Å². The van der Waals surface area contributed by atoms with Gasteiger partial charge in [0, 0.05) is 11.8 Å². The number of hydrogen-bond donors (Lipinski definition) is 1. The van der Waals surface area contributed by atoms with Crippen molar-refractivity contribution in [1.82, 2.24) is 19.9 Å². The summed E-state index contributed by atoms with van der Waals surface area (Å²) < 4.78 is 6.89. The van der Waals surface area contributed by atoms with Crippen LogP contribution in [0.3, 0.4) is 0 Å². The van der Waals surface area contributed by atoms with Gasteiger partial charge in [0.1, 0.15) is 5.76 Å². The first-order valence-electron chi connectivity index (χ1n) is 7.55. The van der Waals surface area contributed by atoms with Crippen molar-refractivity contribution in [3.8, 4) is 0 Å². The molecule has 0 atom stereocenters. The number of carbonyl (C=O) groups is 1. The molecule has 0 unspecified atom stereocenters. The van der Waals surface area contributed by atoms with E-state index in [1.54, 1.807) is 11.6 Å². The van der Waals surface area contributed by atoms with Gasteiger partial charge in [0.05, 0.1) is 33.0 Å². The average Bonchev–Trinajstić information content (AvgIpc) is 3.06. The highest BCUT2D eigenvalue weighted by atomic mass is 35.5. The molecule has 26 heavy (non-hydrogen) atoms. The third kappa shape index (κ3) is 3.56. The highest BCUT2D eigenvalue weighted by molar-refractivity contribution is 6.36. The van der Waals surface area contributed by atoms with E-state index in [1.807, 2.05) is 13.8 Å². The molecule has 3 rings (SSSR count). The number of carbonyl (C=O) groups excluding carboxylic acids is 1. The molecule has 10 heteroatoms. The van der Waals surface area contributed by atoms with Crippen molar-refractivity contribution in [2.75, 3.05) is 5.32 Å². The van der Waals surface area contributed by atoms with Gasteiger partial charge in [-0.2, -0.15) is 5.10 Å². The molecule has 0 spiro atoms. The number of rotatable bonds is 4. The van der Waals surface area contributed by atoms with Gasteiger partial charge in [-0.05, 0) is 26.8 Å². The number of halogens is 3. The maximum Gasteiger partial charge on any atom is 0.279 e. The van der Waals surface area contributed by atoms with Gasteiger partial charge in [-0.3, -0.25) is 9.48 Å². The standard InChI is InChI=1S/C16H14Cl3N5O2/c1-7-13(19)8(2)24(22-7)6-11-9(3)26-23-14(11)16(25)21-15-12(18)4-10(17)5-20-15/h4-5H,6H2,1-3H3,(H,20,21,25). The monoisotopic (exact) mass is 413 g/mol. The van der Waals surface area contributed by atoms with Gasteiger partial charge >= 0.3 is 0 Å². The minimum Gasteiger partial charge on any atom is -0.361 e. The summed E-state index contributed by atoms with van der Waals surface area (Å²) in [6, 6.07) is 1.48. The molecule has 3 aromatic heterocycles. The molecule has 136 valence electrons. The largest absolute Gasteiger partial charge is 0.361 e. The van der Waals surface area contributed by atoms with Crippen LogP contribution in [0.2, 0.25) is 15.1 Å². The number of nitrogens with one attached hydrogen (secondary N) is 1. The fraction of sp³-hybridized carbons (Fsp3) is 0.250. The number of aromatic nitrogens is 4. The summed E-state index contributed by atoms with van der Waals surface area (Å²) in [6.45, 7) is 5.68. The molecule has 0 fully saturated rings. The van der Waals surface area contributed by atoms with Crippen LogP contribution >= 0.6 is 34.8 Å². The first kappa shape index (κ1) is 18.7. The summed E-state index contributed by atoms with van der Waals surface area (Å²) in [4.78, 5) is 16.6. The third-order valence-electron chi connectivity index (χ3n) is 3.84. The Bertz CT molecular complexity index is 996. The molecule has 7 nitrogen and oxygen atoms in total. The Kier molecular flexibility index (Phi) is 5.22. The summed E-state index contributed by atoms with van der Waals surface area (Å²) in [5, 5.41) is 12.0. The normalized spacial score (nSPS) is 11.0. The molecule has 0 bridgehead atoms. The summed E-state index contributed by atoms with van der Waals surface area (Å²) in [5.41, 5.74) is 2.22. The van der Waals surface area contributed by atoms with Gasteiger partial charge in [0.2, 0.25) is 0 Å². The molecule has 1 N–H and O–H groups in total. The maximum atomic E-state index is 12.6. The van der Waals surface area contributed by atoms with Crippen LogP contribution < -0.4 is 5.32 Å². The quantitative estimate of drug-likeness (QED) is 0.681. The van der Waals surface area contributed by atoms with Crippen LogP contribution in [-0.2, 0) is 6.54 Å². The lowest BCUT2D eigenvalue weighted by molar-refractivity contribution is 0.101. The van der Waals surface area contributed by atoms with Crippen molar-refractivity contribution < 1.29 is 9.32 Å². The van der Waals surface area contributed by atoms with Crippen LogP contribution in [0, 0.1) is 20.8 Å². The molecule has 0 aliphatic rings. The van der Waals surface area contributed by atoms with Crippen molar-refractivity contribution in [2.45, 2.75) is 27.3 Å². The molecule has 0 radical (unpaired) electrons. The Morgan fingerprint density at radius 1 is 1.27 bits per heavy atom. The SMILES string of the molecule is Cc1nn(Cc2c(C(=O)Nc3ncc(Cl)cc3Cl)noc2C)c(C)c1Cl. The van der Waals surface area contributed by atoms with Crippen molar-refractivity contribution in [3.05, 3.63) is 55.7 Å². The summed E-state index contributed by atoms with van der Waals surface area (Å²) >= 11 is 18.0. The van der Waals surface area contributed by atoms with Gasteiger partial charge < -0.3 is 9.84 Å². The first-order chi connectivity index (χ1) is 12.3. The predicted molar refractivity (Wildman–Crippen MR) is 99.3 cm³/mol. The van der Waals surface area contributed by atoms with E-state index in [9.17, 15) is 4.79 Å². The lowest BCUT2D eigenvalue weighted by Gasteiger charge is -2.07. The fourth-order valence-corrected chi connectivity index (χ4v) is 2.97. The molecule has 3 aromatic rings. The van der Waals surface area contributed by atoms with Crippen LogP contribution in [-0.4, -0.2) is 25.8 Å². The number of hydrogen-bond acceptors (Lipinski definition) is 5. The van der Waals surface area contributed by atoms with Gasteiger partial charge in [-0.25, -0.2) is 4.98 Å². The molecule has 0 saturated heterocycles. The number of pyridine rings is 1. The second-order valence-corrected chi connectivity index (χ2v) is 6.87. The number of amides is 1. The summed E-state index contributed by atoms with van der Waals surface area (Å²) in [6.07, 6.45) is 1.38. The summed E-state index contributed by atoms with van der Waals surface area (Å²) in [5.74, 6) is 0.192. The topological polar surface area (TPSA) is 85.8 Å². The zero-order chi connectivity index (χ0) is 19.0. The Morgan fingerprint density at radius 3 is 2.62 bits per heavy atom. The molecule has 0 aromatic carbocycles. The Balaban J connectivity index is 1.89. The van der Waals surface area contributed by atoms with Crippen molar-refractivity contribution >= 4 is 46.5 Å². The van der Waals surface area contributed by atoms with E-state index in [1.165, 1.54) is 12.3 Å². The van der Waals surface area contributed by atoms with Gasteiger partial charge in [0.15, 0.2) is 11.5 Å². The van der Waals surface area contributed by atoms with Crippen LogP contribution in [0.15, 0.2) is 16.8 Å². The molecule has 0 aliphatic carbocycles. The smallest absolute Gasteiger partial charge is 0.279 e. The molecular weight excluding hydrogens is 401 g/mol. The van der Waals surface area contributed by atoms with E-state index >= 15 is 0 Å². The number of anilines is 1. The summed E-state index contributed by atoms with van der Waals surface area (Å²) in [7, 11) is 0. The van der Waals surface area contributed by atoms with Crippen LogP contribution in [0.4, 0.5) is 5.82 Å². The minimum atomic E-state index is -0.499. The van der Waals surface area contributed by atoms with E-state index in [2.05, 4.69) is 20.6 Å². The molecule has 0 aliphatic heterocycles. The number of nitrogens with zero attached hydrogens (tertiary/aromatic N) is 4.